The lowest BCUT2D eigenvalue weighted by Crippen LogP contribution is -2.13. The SMILES string of the molecule is NC(=O)c1ccc2c(c1)CN=C2N. The third-order valence-electron chi connectivity index (χ3n) is 2.09. The van der Waals surface area contributed by atoms with Crippen LogP contribution in [-0.2, 0) is 6.54 Å². The number of carbonyl (C=O) groups excluding carboxylic acids is 1. The molecule has 0 bridgehead atoms. The van der Waals surface area contributed by atoms with Crippen molar-refractivity contribution < 1.29 is 4.79 Å². The predicted molar refractivity (Wildman–Crippen MR) is 49.4 cm³/mol. The molecule has 1 aliphatic heterocycles. The summed E-state index contributed by atoms with van der Waals surface area (Å²) in [6, 6.07) is 5.18. The Kier molecular flexibility index (Phi) is 1.55. The van der Waals surface area contributed by atoms with E-state index in [2.05, 4.69) is 4.99 Å². The van der Waals surface area contributed by atoms with Gasteiger partial charge in [0.25, 0.3) is 0 Å². The zero-order valence-corrected chi connectivity index (χ0v) is 6.95. The Bertz CT molecular complexity index is 409. The van der Waals surface area contributed by atoms with Crippen LogP contribution in [0, 0.1) is 0 Å². The van der Waals surface area contributed by atoms with Crippen LogP contribution in [0.4, 0.5) is 0 Å². The van der Waals surface area contributed by atoms with Crippen molar-refractivity contribution in [2.24, 2.45) is 16.5 Å². The summed E-state index contributed by atoms with van der Waals surface area (Å²) in [7, 11) is 0. The van der Waals surface area contributed by atoms with Crippen LogP contribution in [0.25, 0.3) is 0 Å². The maximum absolute atomic E-state index is 10.8. The number of nitrogens with zero attached hydrogens (tertiary/aromatic N) is 1. The van der Waals surface area contributed by atoms with Crippen molar-refractivity contribution in [3.63, 3.8) is 0 Å². The number of amides is 1. The topological polar surface area (TPSA) is 81.5 Å². The second kappa shape index (κ2) is 2.58. The van der Waals surface area contributed by atoms with Gasteiger partial charge in [0.05, 0.1) is 6.54 Å². The molecule has 0 aromatic heterocycles. The smallest absolute Gasteiger partial charge is 0.248 e. The van der Waals surface area contributed by atoms with Crippen molar-refractivity contribution in [3.05, 3.63) is 34.9 Å². The highest BCUT2D eigenvalue weighted by molar-refractivity contribution is 6.02. The van der Waals surface area contributed by atoms with Gasteiger partial charge in [0.15, 0.2) is 0 Å². The first-order chi connectivity index (χ1) is 6.18. The first-order valence-corrected chi connectivity index (χ1v) is 3.91. The van der Waals surface area contributed by atoms with Gasteiger partial charge in [0, 0.05) is 11.1 Å². The molecular weight excluding hydrogens is 166 g/mol. The number of carbonyl (C=O) groups is 1. The molecule has 0 spiro atoms. The van der Waals surface area contributed by atoms with Gasteiger partial charge in [-0.1, -0.05) is 6.07 Å². The van der Waals surface area contributed by atoms with E-state index < -0.39 is 5.91 Å². The fourth-order valence-corrected chi connectivity index (χ4v) is 1.38. The molecule has 13 heavy (non-hydrogen) atoms. The van der Waals surface area contributed by atoms with Crippen molar-refractivity contribution in [2.75, 3.05) is 0 Å². The largest absolute Gasteiger partial charge is 0.383 e. The highest BCUT2D eigenvalue weighted by atomic mass is 16.1. The van der Waals surface area contributed by atoms with Crippen molar-refractivity contribution in [1.82, 2.24) is 0 Å². The maximum Gasteiger partial charge on any atom is 0.248 e. The Morgan fingerprint density at radius 1 is 1.46 bits per heavy atom. The molecule has 1 aromatic rings. The van der Waals surface area contributed by atoms with Gasteiger partial charge in [0.2, 0.25) is 5.91 Å². The zero-order valence-electron chi connectivity index (χ0n) is 6.95. The Labute approximate surface area is 75.3 Å². The molecule has 0 saturated carbocycles. The summed E-state index contributed by atoms with van der Waals surface area (Å²) in [5, 5.41) is 0. The van der Waals surface area contributed by atoms with Crippen molar-refractivity contribution >= 4 is 11.7 Å². The minimum absolute atomic E-state index is 0.423. The summed E-state index contributed by atoms with van der Waals surface area (Å²) in [4.78, 5) is 14.9. The third-order valence-corrected chi connectivity index (χ3v) is 2.09. The molecular formula is C9H9N3O. The lowest BCUT2D eigenvalue weighted by molar-refractivity contribution is 0.1000. The van der Waals surface area contributed by atoms with Crippen LogP contribution in [0.1, 0.15) is 21.5 Å². The molecule has 0 fully saturated rings. The van der Waals surface area contributed by atoms with E-state index in [9.17, 15) is 4.79 Å². The number of rotatable bonds is 1. The molecule has 0 atom stereocenters. The second-order valence-corrected chi connectivity index (χ2v) is 2.94. The number of primary amides is 1. The summed E-state index contributed by atoms with van der Waals surface area (Å²) in [5.41, 5.74) is 13.1. The number of amidine groups is 1. The number of nitrogens with two attached hydrogens (primary N) is 2. The van der Waals surface area contributed by atoms with E-state index in [4.69, 9.17) is 11.5 Å². The highest BCUT2D eigenvalue weighted by Crippen LogP contribution is 2.18. The monoisotopic (exact) mass is 175 g/mol. The first kappa shape index (κ1) is 7.79. The van der Waals surface area contributed by atoms with E-state index in [1.165, 1.54) is 0 Å². The molecule has 4 N–H and O–H groups in total. The maximum atomic E-state index is 10.8. The quantitative estimate of drug-likeness (QED) is 0.630. The molecule has 1 aromatic carbocycles. The van der Waals surface area contributed by atoms with Crippen LogP contribution >= 0.6 is 0 Å². The summed E-state index contributed by atoms with van der Waals surface area (Å²) in [6.07, 6.45) is 0. The van der Waals surface area contributed by atoms with Gasteiger partial charge in [-0.2, -0.15) is 0 Å². The normalized spacial score (nSPS) is 13.7. The average Bonchev–Trinajstić information content (AvgIpc) is 2.47. The molecule has 1 amide bonds. The van der Waals surface area contributed by atoms with Gasteiger partial charge in [-0.15, -0.1) is 0 Å². The van der Waals surface area contributed by atoms with Gasteiger partial charge >= 0.3 is 0 Å². The average molecular weight is 175 g/mol. The zero-order chi connectivity index (χ0) is 9.42. The first-order valence-electron chi connectivity index (χ1n) is 3.91. The van der Waals surface area contributed by atoms with Crippen molar-refractivity contribution in [2.45, 2.75) is 6.54 Å². The van der Waals surface area contributed by atoms with Gasteiger partial charge in [-0.25, -0.2) is 0 Å². The Morgan fingerprint density at radius 3 is 2.92 bits per heavy atom. The fourth-order valence-electron chi connectivity index (χ4n) is 1.38. The molecule has 66 valence electrons. The molecule has 0 unspecified atom stereocenters. The lowest BCUT2D eigenvalue weighted by Gasteiger charge is -2.00. The Hall–Kier alpha value is -1.84. The van der Waals surface area contributed by atoms with Crippen LogP contribution in [0.3, 0.4) is 0 Å². The van der Waals surface area contributed by atoms with E-state index in [0.717, 1.165) is 11.1 Å². The van der Waals surface area contributed by atoms with Crippen LogP contribution in [0.15, 0.2) is 23.2 Å². The summed E-state index contributed by atoms with van der Waals surface area (Å²) in [5.74, 6) is 0.110. The van der Waals surface area contributed by atoms with E-state index in [-0.39, 0.29) is 0 Å². The van der Waals surface area contributed by atoms with Gasteiger partial charge in [-0.3, -0.25) is 9.79 Å². The fraction of sp³-hybridized carbons (Fsp3) is 0.111. The number of benzene rings is 1. The van der Waals surface area contributed by atoms with Crippen molar-refractivity contribution in [3.8, 4) is 0 Å². The number of hydrogen-bond donors (Lipinski definition) is 2. The van der Waals surface area contributed by atoms with E-state index >= 15 is 0 Å². The van der Waals surface area contributed by atoms with E-state index in [1.807, 2.05) is 0 Å². The highest BCUT2D eigenvalue weighted by Gasteiger charge is 2.14. The van der Waals surface area contributed by atoms with Gasteiger partial charge < -0.3 is 11.5 Å². The molecule has 2 rings (SSSR count). The summed E-state index contributed by atoms with van der Waals surface area (Å²) in [6.45, 7) is 0.544. The van der Waals surface area contributed by atoms with Crippen LogP contribution in [0.2, 0.25) is 0 Å². The van der Waals surface area contributed by atoms with Gasteiger partial charge in [-0.05, 0) is 17.7 Å². The molecule has 4 nitrogen and oxygen atoms in total. The van der Waals surface area contributed by atoms with E-state index in [0.29, 0.717) is 17.9 Å². The summed E-state index contributed by atoms with van der Waals surface area (Å²) < 4.78 is 0. The van der Waals surface area contributed by atoms with E-state index in [1.54, 1.807) is 18.2 Å². The van der Waals surface area contributed by atoms with Crippen LogP contribution < -0.4 is 11.5 Å². The molecule has 1 heterocycles. The minimum atomic E-state index is -0.423. The molecule has 0 saturated heterocycles. The summed E-state index contributed by atoms with van der Waals surface area (Å²) >= 11 is 0. The minimum Gasteiger partial charge on any atom is -0.383 e. The standard InChI is InChI=1S/C9H9N3O/c10-8-7-2-1-5(9(11)13)3-6(7)4-12-8/h1-3H,4H2,(H2,10,12)(H2,11,13). The van der Waals surface area contributed by atoms with Crippen molar-refractivity contribution in [1.29, 1.82) is 0 Å². The number of fused-ring (bicyclic) bond motifs is 1. The predicted octanol–water partition coefficient (Wildman–Crippen LogP) is 0.00440. The second-order valence-electron chi connectivity index (χ2n) is 2.94. The molecule has 0 radical (unpaired) electrons. The number of hydrogen-bond acceptors (Lipinski definition) is 3. The van der Waals surface area contributed by atoms with Gasteiger partial charge in [0.1, 0.15) is 5.84 Å². The Morgan fingerprint density at radius 2 is 2.23 bits per heavy atom. The molecule has 0 aliphatic carbocycles. The molecule has 4 heteroatoms. The van der Waals surface area contributed by atoms with Crippen LogP contribution in [-0.4, -0.2) is 11.7 Å². The van der Waals surface area contributed by atoms with Crippen LogP contribution in [0.5, 0.6) is 0 Å². The number of aliphatic imine (C=N–C) groups is 1. The third kappa shape index (κ3) is 1.16. The Balaban J connectivity index is 2.49. The molecule has 1 aliphatic rings. The lowest BCUT2D eigenvalue weighted by atomic mass is 10.1.